The van der Waals surface area contributed by atoms with Crippen LogP contribution in [0.5, 0.6) is 11.5 Å². The molecule has 3 aromatic rings. The standard InChI is InChI=1S/C30H29N3O6S/c1-19-27(29(35)39-17-20-8-5-4-6-9-20)28(24-15-22(36-2)11-12-25(24)37-3)33-21(18-40-30(33)32-19)14-26(34)31-16-23-10-7-13-38-23/h4-13,15,18,28H,14,16-17H2,1-3H3,(H,31,34)/t28-/m0/s1. The Bertz CT molecular complexity index is 1480. The first kappa shape index (κ1) is 27.1. The van der Waals surface area contributed by atoms with Gasteiger partial charge < -0.3 is 28.8 Å². The molecular formula is C30H29N3O6S. The number of furan rings is 1. The van der Waals surface area contributed by atoms with Gasteiger partial charge in [0.15, 0.2) is 5.17 Å². The third-order valence-electron chi connectivity index (χ3n) is 6.55. The van der Waals surface area contributed by atoms with Crippen LogP contribution in [0.4, 0.5) is 0 Å². The summed E-state index contributed by atoms with van der Waals surface area (Å²) in [5.74, 6) is 1.12. The van der Waals surface area contributed by atoms with Crippen LogP contribution in [-0.4, -0.2) is 36.2 Å². The van der Waals surface area contributed by atoms with Crippen LogP contribution >= 0.6 is 11.8 Å². The maximum absolute atomic E-state index is 13.7. The fourth-order valence-corrected chi connectivity index (χ4v) is 5.57. The van der Waals surface area contributed by atoms with Crippen LogP contribution in [0.3, 0.4) is 0 Å². The van der Waals surface area contributed by atoms with Crippen LogP contribution in [0.15, 0.2) is 98.7 Å². The molecular weight excluding hydrogens is 530 g/mol. The van der Waals surface area contributed by atoms with Crippen LogP contribution in [0.2, 0.25) is 0 Å². The molecule has 3 heterocycles. The fourth-order valence-electron chi connectivity index (χ4n) is 4.60. The normalized spacial score (nSPS) is 16.2. The molecule has 1 amide bonds. The molecule has 0 spiro atoms. The van der Waals surface area contributed by atoms with E-state index >= 15 is 0 Å². The molecule has 1 aromatic heterocycles. The topological polar surface area (TPSA) is 103 Å². The summed E-state index contributed by atoms with van der Waals surface area (Å²) < 4.78 is 22.3. The zero-order chi connectivity index (χ0) is 28.1. The number of fused-ring (bicyclic) bond motifs is 1. The number of ether oxygens (including phenoxy) is 3. The Labute approximate surface area is 236 Å². The van der Waals surface area contributed by atoms with Crippen molar-refractivity contribution >= 4 is 28.8 Å². The summed E-state index contributed by atoms with van der Waals surface area (Å²) >= 11 is 1.40. The summed E-state index contributed by atoms with van der Waals surface area (Å²) in [4.78, 5) is 33.3. The Morgan fingerprint density at radius 3 is 2.62 bits per heavy atom. The molecule has 2 aliphatic heterocycles. The Morgan fingerprint density at radius 2 is 1.90 bits per heavy atom. The smallest absolute Gasteiger partial charge is 0.338 e. The Kier molecular flexibility index (Phi) is 8.26. The molecule has 1 atom stereocenters. The molecule has 0 bridgehead atoms. The second-order valence-electron chi connectivity index (χ2n) is 9.10. The lowest BCUT2D eigenvalue weighted by Gasteiger charge is -2.36. The average molecular weight is 560 g/mol. The molecule has 1 N–H and O–H groups in total. The van der Waals surface area contributed by atoms with Crippen LogP contribution in [0.1, 0.15) is 36.3 Å². The minimum absolute atomic E-state index is 0.0703. The van der Waals surface area contributed by atoms with Crippen LogP contribution < -0.4 is 14.8 Å². The van der Waals surface area contributed by atoms with Crippen molar-refractivity contribution in [2.24, 2.45) is 4.99 Å². The van der Waals surface area contributed by atoms with Gasteiger partial charge in [0.1, 0.15) is 23.9 Å². The SMILES string of the molecule is COc1ccc(OC)c([C@H]2C(C(=O)OCc3ccccc3)=C(C)N=C3SC=C(CC(=O)NCc4ccco4)N32)c1. The summed E-state index contributed by atoms with van der Waals surface area (Å²) in [5.41, 5.74) is 3.13. The minimum atomic E-state index is -0.667. The van der Waals surface area contributed by atoms with Crippen LogP contribution in [0.25, 0.3) is 0 Å². The first-order valence-electron chi connectivity index (χ1n) is 12.6. The number of amidine groups is 1. The van der Waals surface area contributed by atoms with Crippen molar-refractivity contribution < 1.29 is 28.2 Å². The van der Waals surface area contributed by atoms with E-state index in [1.165, 1.54) is 11.8 Å². The molecule has 9 nitrogen and oxygen atoms in total. The van der Waals surface area contributed by atoms with Gasteiger partial charge in [0.2, 0.25) is 5.91 Å². The maximum atomic E-state index is 13.7. The molecule has 2 aliphatic rings. The van der Waals surface area contributed by atoms with E-state index < -0.39 is 12.0 Å². The van der Waals surface area contributed by atoms with Gasteiger partial charge in [0, 0.05) is 11.3 Å². The fraction of sp³-hybridized carbons (Fsp3) is 0.233. The number of aliphatic imine (C=N–C) groups is 1. The van der Waals surface area contributed by atoms with Crippen molar-refractivity contribution in [3.63, 3.8) is 0 Å². The third kappa shape index (κ3) is 5.76. The Balaban J connectivity index is 1.48. The quantitative estimate of drug-likeness (QED) is 0.333. The predicted molar refractivity (Wildman–Crippen MR) is 151 cm³/mol. The van der Waals surface area contributed by atoms with E-state index in [0.717, 1.165) is 5.56 Å². The van der Waals surface area contributed by atoms with Crippen molar-refractivity contribution in [3.8, 4) is 11.5 Å². The number of benzene rings is 2. The highest BCUT2D eigenvalue weighted by Crippen LogP contribution is 2.47. The second kappa shape index (κ2) is 12.2. The number of esters is 1. The lowest BCUT2D eigenvalue weighted by molar-refractivity contribution is -0.141. The number of thioether (sulfide) groups is 1. The number of nitrogens with one attached hydrogen (secondary N) is 1. The van der Waals surface area contributed by atoms with Gasteiger partial charge in [-0.1, -0.05) is 42.1 Å². The first-order valence-corrected chi connectivity index (χ1v) is 13.5. The van der Waals surface area contributed by atoms with E-state index in [1.54, 1.807) is 51.7 Å². The molecule has 0 unspecified atom stereocenters. The lowest BCUT2D eigenvalue weighted by atomic mass is 9.92. The second-order valence-corrected chi connectivity index (χ2v) is 9.93. The molecule has 5 rings (SSSR count). The highest BCUT2D eigenvalue weighted by Gasteiger charge is 2.42. The van der Waals surface area contributed by atoms with Gasteiger partial charge in [0.05, 0.1) is 50.8 Å². The van der Waals surface area contributed by atoms with Crippen LogP contribution in [-0.2, 0) is 27.5 Å². The molecule has 40 heavy (non-hydrogen) atoms. The minimum Gasteiger partial charge on any atom is -0.497 e. The largest absolute Gasteiger partial charge is 0.497 e. The summed E-state index contributed by atoms with van der Waals surface area (Å²) in [6, 6.07) is 17.8. The number of rotatable bonds is 10. The number of carbonyl (C=O) groups excluding carboxylic acids is 2. The van der Waals surface area contributed by atoms with E-state index in [1.807, 2.05) is 46.7 Å². The van der Waals surface area contributed by atoms with Gasteiger partial charge in [-0.3, -0.25) is 4.79 Å². The maximum Gasteiger partial charge on any atom is 0.338 e. The summed E-state index contributed by atoms with van der Waals surface area (Å²) in [6.07, 6.45) is 1.63. The first-order chi connectivity index (χ1) is 19.5. The molecule has 2 aromatic carbocycles. The highest BCUT2D eigenvalue weighted by molar-refractivity contribution is 8.16. The summed E-state index contributed by atoms with van der Waals surface area (Å²) in [6.45, 7) is 2.18. The van der Waals surface area contributed by atoms with Gasteiger partial charge in [-0.2, -0.15) is 0 Å². The zero-order valence-corrected chi connectivity index (χ0v) is 23.2. The average Bonchev–Trinajstić information content (AvgIpc) is 3.64. The van der Waals surface area contributed by atoms with Gasteiger partial charge in [-0.25, -0.2) is 9.79 Å². The molecule has 0 saturated heterocycles. The highest BCUT2D eigenvalue weighted by atomic mass is 32.2. The number of nitrogens with zero attached hydrogens (tertiary/aromatic N) is 2. The molecule has 10 heteroatoms. The Hall–Kier alpha value is -4.44. The molecule has 0 aliphatic carbocycles. The van der Waals surface area contributed by atoms with Crippen molar-refractivity contribution in [2.45, 2.75) is 32.5 Å². The van der Waals surface area contributed by atoms with Crippen molar-refractivity contribution in [1.82, 2.24) is 10.2 Å². The van der Waals surface area contributed by atoms with E-state index in [2.05, 4.69) is 5.32 Å². The summed E-state index contributed by atoms with van der Waals surface area (Å²) in [5, 5.41) is 5.43. The zero-order valence-electron chi connectivity index (χ0n) is 22.4. The number of amides is 1. The number of carbonyl (C=O) groups is 2. The number of hydrogen-bond donors (Lipinski definition) is 1. The number of hydrogen-bond acceptors (Lipinski definition) is 9. The van der Waals surface area contributed by atoms with Crippen molar-refractivity contribution in [2.75, 3.05) is 14.2 Å². The van der Waals surface area contributed by atoms with E-state index in [0.29, 0.717) is 45.0 Å². The molecule has 0 radical (unpaired) electrons. The van der Waals surface area contributed by atoms with Gasteiger partial charge in [-0.05, 0) is 48.2 Å². The van der Waals surface area contributed by atoms with E-state index in [9.17, 15) is 9.59 Å². The van der Waals surface area contributed by atoms with E-state index in [-0.39, 0.29) is 25.5 Å². The Morgan fingerprint density at radius 1 is 1.07 bits per heavy atom. The molecule has 0 fully saturated rings. The van der Waals surface area contributed by atoms with Gasteiger partial charge in [-0.15, -0.1) is 0 Å². The monoisotopic (exact) mass is 559 g/mol. The van der Waals surface area contributed by atoms with Gasteiger partial charge >= 0.3 is 5.97 Å². The van der Waals surface area contributed by atoms with Crippen molar-refractivity contribution in [1.29, 1.82) is 0 Å². The molecule has 0 saturated carbocycles. The van der Waals surface area contributed by atoms with E-state index in [4.69, 9.17) is 23.6 Å². The number of methoxy groups -OCH3 is 2. The lowest BCUT2D eigenvalue weighted by Crippen LogP contribution is -2.38. The number of allylic oxidation sites excluding steroid dienone is 1. The third-order valence-corrected chi connectivity index (χ3v) is 7.44. The predicted octanol–water partition coefficient (Wildman–Crippen LogP) is 5.32. The molecule has 206 valence electrons. The summed E-state index contributed by atoms with van der Waals surface area (Å²) in [7, 11) is 3.15. The van der Waals surface area contributed by atoms with Crippen molar-refractivity contribution in [3.05, 3.63) is 106 Å². The van der Waals surface area contributed by atoms with Crippen LogP contribution in [0, 0.1) is 0 Å². The van der Waals surface area contributed by atoms with Gasteiger partial charge in [0.25, 0.3) is 0 Å².